The summed E-state index contributed by atoms with van der Waals surface area (Å²) in [5, 5.41) is 5.68. The second-order valence-electron chi connectivity index (χ2n) is 5.90. The van der Waals surface area contributed by atoms with Crippen LogP contribution in [0.1, 0.15) is 6.99 Å². The molecule has 4 rings (SSSR count). The fourth-order valence-corrected chi connectivity index (χ4v) is 3.42. The number of pyridine rings is 2. The van der Waals surface area contributed by atoms with Gasteiger partial charge in [-0.25, -0.2) is 9.97 Å². The first-order valence-corrected chi connectivity index (χ1v) is 9.04. The minimum atomic E-state index is 0. The summed E-state index contributed by atoms with van der Waals surface area (Å²) < 4.78 is 0. The first-order chi connectivity index (χ1) is 12.7. The Bertz CT molecular complexity index is 1060. The van der Waals surface area contributed by atoms with Crippen LogP contribution in [-0.4, -0.2) is 21.5 Å². The molecule has 3 aromatic heterocycles. The normalized spacial score (nSPS) is 11.0. The third-order valence-corrected chi connectivity index (χ3v) is 4.86. The van der Waals surface area contributed by atoms with Gasteiger partial charge in [0.2, 0.25) is 0 Å². The molecule has 4 aromatic rings. The molecular weight excluding hydrogens is 367 g/mol. The number of hydrogen-bond donors (Lipinski definition) is 2. The number of nitrogens with one attached hydrogen (secondary N) is 2. The lowest BCUT2D eigenvalue weighted by atomic mass is 10.1. The van der Waals surface area contributed by atoms with Crippen LogP contribution in [0.25, 0.3) is 22.3 Å². The largest absolute Gasteiger partial charge is 0.370 e. The van der Waals surface area contributed by atoms with Crippen molar-refractivity contribution in [1.82, 2.24) is 15.0 Å². The number of H-pyrrole nitrogens is 1. The Morgan fingerprint density at radius 3 is 2.77 bits per heavy atom. The maximum Gasteiger partial charge on any atom is 0.138 e. The molecule has 132 valence electrons. The van der Waals surface area contributed by atoms with Gasteiger partial charge in [-0.3, -0.25) is 0 Å². The summed E-state index contributed by atoms with van der Waals surface area (Å²) in [6, 6.07) is 15.7. The summed E-state index contributed by atoms with van der Waals surface area (Å²) in [5.41, 5.74) is 3.60. The Kier molecular flexibility index (Phi) is 4.78. The van der Waals surface area contributed by atoms with E-state index in [-0.39, 0.29) is 1.43 Å². The molecule has 1 aromatic carbocycles. The molecule has 0 amide bonds. The van der Waals surface area contributed by atoms with E-state index in [0.29, 0.717) is 5.02 Å². The number of rotatable bonds is 5. The van der Waals surface area contributed by atoms with E-state index >= 15 is 0 Å². The maximum atomic E-state index is 6.40. The summed E-state index contributed by atoms with van der Waals surface area (Å²) in [4.78, 5) is 12.1. The van der Waals surface area contributed by atoms with Crippen LogP contribution in [0.15, 0.2) is 60.9 Å². The van der Waals surface area contributed by atoms with Crippen molar-refractivity contribution in [1.29, 1.82) is 0 Å². The third kappa shape index (κ3) is 3.39. The van der Waals surface area contributed by atoms with Gasteiger partial charge in [0.25, 0.3) is 0 Å². The fraction of sp³-hybridized carbons (Fsp3) is 0.100. The third-order valence-electron chi connectivity index (χ3n) is 4.20. The Morgan fingerprint density at radius 1 is 1.00 bits per heavy atom. The summed E-state index contributed by atoms with van der Waals surface area (Å²) >= 11 is 12.6. The van der Waals surface area contributed by atoms with Crippen LogP contribution in [0.4, 0.5) is 5.82 Å². The van der Waals surface area contributed by atoms with E-state index in [4.69, 9.17) is 28.2 Å². The first kappa shape index (κ1) is 16.9. The molecule has 0 atom stereocenters. The highest BCUT2D eigenvalue weighted by Gasteiger charge is 2.12. The highest BCUT2D eigenvalue weighted by atomic mass is 35.5. The summed E-state index contributed by atoms with van der Waals surface area (Å²) in [6.07, 6.45) is 4.32. The number of aromatic amines is 1. The number of halogens is 2. The van der Waals surface area contributed by atoms with E-state index in [2.05, 4.69) is 15.3 Å². The van der Waals surface area contributed by atoms with Crippen molar-refractivity contribution in [3.8, 4) is 11.3 Å². The summed E-state index contributed by atoms with van der Waals surface area (Å²) in [7, 11) is 0. The fourth-order valence-electron chi connectivity index (χ4n) is 2.94. The average Bonchev–Trinajstić information content (AvgIpc) is 3.12. The van der Waals surface area contributed by atoms with Crippen molar-refractivity contribution in [3.05, 3.63) is 76.5 Å². The van der Waals surface area contributed by atoms with Gasteiger partial charge >= 0.3 is 0 Å². The van der Waals surface area contributed by atoms with Gasteiger partial charge in [0.1, 0.15) is 11.5 Å². The number of benzene rings is 1. The van der Waals surface area contributed by atoms with Gasteiger partial charge in [0.15, 0.2) is 0 Å². The van der Waals surface area contributed by atoms with Crippen LogP contribution in [0.2, 0.25) is 10.0 Å². The second-order valence-corrected chi connectivity index (χ2v) is 6.71. The molecule has 0 aliphatic heterocycles. The number of fused-ring (bicyclic) bond motifs is 1. The second kappa shape index (κ2) is 7.36. The molecule has 0 aliphatic rings. The van der Waals surface area contributed by atoms with Gasteiger partial charge in [-0.1, -0.05) is 47.5 Å². The lowest BCUT2D eigenvalue weighted by molar-refractivity contribution is 1.01. The van der Waals surface area contributed by atoms with E-state index in [1.165, 1.54) is 0 Å². The quantitative estimate of drug-likeness (QED) is 0.454. The van der Waals surface area contributed by atoms with E-state index < -0.39 is 0 Å². The smallest absolute Gasteiger partial charge is 0.138 e. The average molecular weight is 385 g/mol. The van der Waals surface area contributed by atoms with Crippen molar-refractivity contribution in [2.24, 2.45) is 0 Å². The molecule has 0 spiro atoms. The standard InChI is InChI=1S/C20H16Cl2N4.H2/c21-15-5-2-1-4-13(15)8-10-23-18-7-3-6-17(26-18)19-14-9-11-24-20(14)25-12-16(19)22;/h1-7,9,11-12H,8,10H2,(H,23,26)(H,24,25);1H. The van der Waals surface area contributed by atoms with Crippen LogP contribution in [0.3, 0.4) is 0 Å². The van der Waals surface area contributed by atoms with Crippen LogP contribution < -0.4 is 5.32 Å². The van der Waals surface area contributed by atoms with E-state index in [9.17, 15) is 0 Å². The monoisotopic (exact) mass is 384 g/mol. The van der Waals surface area contributed by atoms with Crippen LogP contribution in [0.5, 0.6) is 0 Å². The van der Waals surface area contributed by atoms with Crippen molar-refractivity contribution < 1.29 is 1.43 Å². The Hall–Kier alpha value is -2.56. The summed E-state index contributed by atoms with van der Waals surface area (Å²) in [6.45, 7) is 0.740. The molecule has 0 fully saturated rings. The van der Waals surface area contributed by atoms with Gasteiger partial charge in [-0.05, 0) is 36.2 Å². The predicted molar refractivity (Wildman–Crippen MR) is 110 cm³/mol. The van der Waals surface area contributed by atoms with Gasteiger partial charge < -0.3 is 10.3 Å². The van der Waals surface area contributed by atoms with E-state index in [0.717, 1.165) is 51.7 Å². The first-order valence-electron chi connectivity index (χ1n) is 8.28. The number of nitrogens with zero attached hydrogens (tertiary/aromatic N) is 2. The van der Waals surface area contributed by atoms with Crippen molar-refractivity contribution in [2.75, 3.05) is 11.9 Å². The van der Waals surface area contributed by atoms with Crippen molar-refractivity contribution in [3.63, 3.8) is 0 Å². The van der Waals surface area contributed by atoms with Crippen LogP contribution >= 0.6 is 23.2 Å². The molecule has 0 saturated carbocycles. The summed E-state index contributed by atoms with van der Waals surface area (Å²) in [5.74, 6) is 0.797. The Labute approximate surface area is 162 Å². The molecule has 0 bridgehead atoms. The molecular formula is C20H18Cl2N4. The number of hydrogen-bond acceptors (Lipinski definition) is 3. The van der Waals surface area contributed by atoms with E-state index in [1.807, 2.05) is 54.7 Å². The topological polar surface area (TPSA) is 53.6 Å². The van der Waals surface area contributed by atoms with Gasteiger partial charge in [-0.2, -0.15) is 0 Å². The molecule has 4 nitrogen and oxygen atoms in total. The zero-order chi connectivity index (χ0) is 17.9. The lowest BCUT2D eigenvalue weighted by Crippen LogP contribution is -2.06. The molecule has 0 unspecified atom stereocenters. The lowest BCUT2D eigenvalue weighted by Gasteiger charge is -2.10. The zero-order valence-electron chi connectivity index (χ0n) is 13.8. The maximum absolute atomic E-state index is 6.40. The molecule has 0 aliphatic carbocycles. The minimum Gasteiger partial charge on any atom is -0.370 e. The van der Waals surface area contributed by atoms with Crippen molar-refractivity contribution in [2.45, 2.75) is 6.42 Å². The van der Waals surface area contributed by atoms with E-state index in [1.54, 1.807) is 6.20 Å². The highest BCUT2D eigenvalue weighted by Crippen LogP contribution is 2.33. The molecule has 26 heavy (non-hydrogen) atoms. The van der Waals surface area contributed by atoms with Crippen LogP contribution in [0, 0.1) is 0 Å². The Balaban J connectivity index is 0.00000210. The highest BCUT2D eigenvalue weighted by molar-refractivity contribution is 6.34. The molecule has 0 saturated heterocycles. The van der Waals surface area contributed by atoms with Gasteiger partial charge in [-0.15, -0.1) is 0 Å². The van der Waals surface area contributed by atoms with Gasteiger partial charge in [0.05, 0.1) is 10.7 Å². The van der Waals surface area contributed by atoms with Crippen LogP contribution in [-0.2, 0) is 6.42 Å². The predicted octanol–water partition coefficient (Wildman–Crippen LogP) is 5.83. The van der Waals surface area contributed by atoms with Gasteiger partial charge in [0, 0.05) is 36.3 Å². The number of aromatic nitrogens is 3. The number of anilines is 1. The minimum absolute atomic E-state index is 0. The zero-order valence-corrected chi connectivity index (χ0v) is 15.3. The molecule has 6 heteroatoms. The SMILES string of the molecule is Clc1ccccc1CCNc1cccc(-c2c(Cl)cnc3[nH]ccc23)n1.[HH]. The Morgan fingerprint density at radius 2 is 1.88 bits per heavy atom. The molecule has 3 heterocycles. The molecule has 0 radical (unpaired) electrons. The van der Waals surface area contributed by atoms with Crippen molar-refractivity contribution >= 4 is 40.1 Å². The molecule has 2 N–H and O–H groups in total.